The van der Waals surface area contributed by atoms with Gasteiger partial charge in [-0.1, -0.05) is 31.2 Å². The van der Waals surface area contributed by atoms with Gasteiger partial charge < -0.3 is 10.1 Å². The first-order valence-corrected chi connectivity index (χ1v) is 8.83. The Hall–Kier alpha value is -0.900. The summed E-state index contributed by atoms with van der Waals surface area (Å²) in [6, 6.07) is 9.75. The van der Waals surface area contributed by atoms with Crippen molar-refractivity contribution in [2.24, 2.45) is 0 Å². The van der Waals surface area contributed by atoms with E-state index in [2.05, 4.69) is 48.5 Å². The molecule has 0 bridgehead atoms. The van der Waals surface area contributed by atoms with Crippen LogP contribution in [0, 0.1) is 0 Å². The van der Waals surface area contributed by atoms with Gasteiger partial charge in [0.2, 0.25) is 0 Å². The highest BCUT2D eigenvalue weighted by Crippen LogP contribution is 2.35. The molecule has 1 spiro atoms. The lowest BCUT2D eigenvalue weighted by Gasteiger charge is -2.46. The number of aryl methyl sites for hydroxylation is 1. The van der Waals surface area contributed by atoms with E-state index in [1.54, 1.807) is 0 Å². The smallest absolute Gasteiger partial charge is 0.0721 e. The molecule has 0 amide bonds. The molecule has 22 heavy (non-hydrogen) atoms. The molecule has 2 aliphatic rings. The number of nitrogens with zero attached hydrogens (tertiary/aromatic N) is 1. The van der Waals surface area contributed by atoms with Crippen molar-refractivity contribution in [1.29, 1.82) is 0 Å². The van der Waals surface area contributed by atoms with Crippen LogP contribution in [0.1, 0.15) is 43.7 Å². The summed E-state index contributed by atoms with van der Waals surface area (Å²) in [4.78, 5) is 2.53. The van der Waals surface area contributed by atoms with Crippen LogP contribution in [-0.2, 0) is 17.7 Å². The third-order valence-electron chi connectivity index (χ3n) is 5.47. The van der Waals surface area contributed by atoms with Gasteiger partial charge in [0.25, 0.3) is 0 Å². The van der Waals surface area contributed by atoms with E-state index in [-0.39, 0.29) is 5.60 Å². The number of ether oxygens (including phenoxy) is 1. The second-order valence-electron chi connectivity index (χ2n) is 7.01. The number of hydrogen-bond donors (Lipinski definition) is 1. The summed E-state index contributed by atoms with van der Waals surface area (Å²) in [5, 5.41) is 3.46. The summed E-state index contributed by atoms with van der Waals surface area (Å²) < 4.78 is 6.20. The predicted octanol–water partition coefficient (Wildman–Crippen LogP) is 2.98. The van der Waals surface area contributed by atoms with Crippen molar-refractivity contribution in [2.75, 3.05) is 26.7 Å². The molecule has 0 saturated carbocycles. The minimum absolute atomic E-state index is 0.147. The number of benzene rings is 1. The second-order valence-corrected chi connectivity index (χ2v) is 7.01. The van der Waals surface area contributed by atoms with E-state index in [0.717, 1.165) is 32.7 Å². The fraction of sp³-hybridized carbons (Fsp3) is 0.684. The second kappa shape index (κ2) is 7.12. The average Bonchev–Trinajstić information content (AvgIpc) is 2.56. The highest BCUT2D eigenvalue weighted by molar-refractivity contribution is 5.22. The van der Waals surface area contributed by atoms with Gasteiger partial charge in [0.15, 0.2) is 0 Å². The zero-order chi connectivity index (χ0) is 15.4. The lowest BCUT2D eigenvalue weighted by Crippen LogP contribution is -2.52. The van der Waals surface area contributed by atoms with Crippen molar-refractivity contribution < 1.29 is 4.74 Å². The summed E-state index contributed by atoms with van der Waals surface area (Å²) in [5.41, 5.74) is 2.99. The monoisotopic (exact) mass is 302 g/mol. The molecule has 122 valence electrons. The van der Waals surface area contributed by atoms with Crippen molar-refractivity contribution in [3.05, 3.63) is 35.4 Å². The Morgan fingerprint density at radius 1 is 1.18 bits per heavy atom. The van der Waals surface area contributed by atoms with Crippen LogP contribution >= 0.6 is 0 Å². The van der Waals surface area contributed by atoms with Crippen molar-refractivity contribution in [3.8, 4) is 0 Å². The molecule has 2 saturated heterocycles. The molecule has 2 aliphatic heterocycles. The topological polar surface area (TPSA) is 24.5 Å². The standard InChI is InChI=1S/C19H30N2O/c1-3-16-4-6-17(7-5-16)15-21(2)18-8-13-22-19(14-18)9-11-20-12-10-19/h4-7,18,20H,3,8-15H2,1-2H3. The largest absolute Gasteiger partial charge is 0.375 e. The quantitative estimate of drug-likeness (QED) is 0.925. The van der Waals surface area contributed by atoms with E-state index in [1.807, 2.05) is 0 Å². The number of rotatable bonds is 4. The van der Waals surface area contributed by atoms with Crippen molar-refractivity contribution in [3.63, 3.8) is 0 Å². The van der Waals surface area contributed by atoms with Crippen molar-refractivity contribution in [1.82, 2.24) is 10.2 Å². The summed E-state index contributed by atoms with van der Waals surface area (Å²) in [5.74, 6) is 0. The van der Waals surface area contributed by atoms with Gasteiger partial charge >= 0.3 is 0 Å². The van der Waals surface area contributed by atoms with Crippen LogP contribution in [-0.4, -0.2) is 43.3 Å². The Bertz CT molecular complexity index is 459. The van der Waals surface area contributed by atoms with Gasteiger partial charge in [-0.2, -0.15) is 0 Å². The molecule has 0 aromatic heterocycles. The molecule has 0 radical (unpaired) electrons. The lowest BCUT2D eigenvalue weighted by molar-refractivity contribution is -0.119. The Kier molecular flexibility index (Phi) is 5.17. The van der Waals surface area contributed by atoms with E-state index in [9.17, 15) is 0 Å². The molecular formula is C19H30N2O. The Morgan fingerprint density at radius 3 is 2.55 bits per heavy atom. The normalized spacial score (nSPS) is 24.8. The fourth-order valence-electron chi connectivity index (χ4n) is 3.91. The Labute approximate surface area is 135 Å². The van der Waals surface area contributed by atoms with E-state index >= 15 is 0 Å². The maximum absolute atomic E-state index is 6.20. The van der Waals surface area contributed by atoms with Crippen LogP contribution in [0.15, 0.2) is 24.3 Å². The van der Waals surface area contributed by atoms with Gasteiger partial charge in [-0.15, -0.1) is 0 Å². The fourth-order valence-corrected chi connectivity index (χ4v) is 3.91. The molecule has 0 aliphatic carbocycles. The van der Waals surface area contributed by atoms with Gasteiger partial charge in [-0.3, -0.25) is 4.90 Å². The zero-order valence-corrected chi connectivity index (χ0v) is 14.1. The molecule has 3 nitrogen and oxygen atoms in total. The van der Waals surface area contributed by atoms with E-state index < -0.39 is 0 Å². The minimum Gasteiger partial charge on any atom is -0.375 e. The highest BCUT2D eigenvalue weighted by Gasteiger charge is 2.39. The van der Waals surface area contributed by atoms with Gasteiger partial charge in [-0.05, 0) is 63.4 Å². The van der Waals surface area contributed by atoms with Crippen molar-refractivity contribution in [2.45, 2.75) is 57.2 Å². The van der Waals surface area contributed by atoms with Crippen LogP contribution in [0.5, 0.6) is 0 Å². The Morgan fingerprint density at radius 2 is 1.86 bits per heavy atom. The maximum atomic E-state index is 6.20. The van der Waals surface area contributed by atoms with Crippen LogP contribution in [0.25, 0.3) is 0 Å². The van der Waals surface area contributed by atoms with E-state index in [0.29, 0.717) is 6.04 Å². The molecule has 3 rings (SSSR count). The summed E-state index contributed by atoms with van der Waals surface area (Å²) in [6.07, 6.45) is 5.81. The van der Waals surface area contributed by atoms with Crippen LogP contribution < -0.4 is 5.32 Å². The predicted molar refractivity (Wildman–Crippen MR) is 91.1 cm³/mol. The first-order valence-electron chi connectivity index (χ1n) is 8.83. The summed E-state index contributed by atoms with van der Waals surface area (Å²) >= 11 is 0. The minimum atomic E-state index is 0.147. The Balaban J connectivity index is 1.59. The molecule has 1 unspecified atom stereocenters. The summed E-state index contributed by atoms with van der Waals surface area (Å²) in [6.45, 7) is 6.39. The lowest BCUT2D eigenvalue weighted by atomic mass is 9.82. The van der Waals surface area contributed by atoms with Crippen molar-refractivity contribution >= 4 is 0 Å². The third-order valence-corrected chi connectivity index (χ3v) is 5.47. The maximum Gasteiger partial charge on any atom is 0.0721 e. The van der Waals surface area contributed by atoms with E-state index in [4.69, 9.17) is 4.74 Å². The number of hydrogen-bond acceptors (Lipinski definition) is 3. The number of piperidine rings is 1. The summed E-state index contributed by atoms with van der Waals surface area (Å²) in [7, 11) is 2.28. The van der Waals surface area contributed by atoms with Crippen LogP contribution in [0.4, 0.5) is 0 Å². The molecule has 1 aromatic carbocycles. The van der Waals surface area contributed by atoms with Crippen LogP contribution in [0.2, 0.25) is 0 Å². The first-order chi connectivity index (χ1) is 10.7. The molecule has 1 atom stereocenters. The van der Waals surface area contributed by atoms with Gasteiger partial charge in [-0.25, -0.2) is 0 Å². The SMILES string of the molecule is CCc1ccc(CN(C)C2CCOC3(CCNCC3)C2)cc1. The molecule has 2 heterocycles. The van der Waals surface area contributed by atoms with Gasteiger partial charge in [0, 0.05) is 19.2 Å². The molecule has 1 aromatic rings. The third kappa shape index (κ3) is 3.70. The first kappa shape index (κ1) is 16.0. The van der Waals surface area contributed by atoms with Gasteiger partial charge in [0.05, 0.1) is 5.60 Å². The molecular weight excluding hydrogens is 272 g/mol. The van der Waals surface area contributed by atoms with Crippen LogP contribution in [0.3, 0.4) is 0 Å². The number of nitrogens with one attached hydrogen (secondary N) is 1. The van der Waals surface area contributed by atoms with Gasteiger partial charge in [0.1, 0.15) is 0 Å². The highest BCUT2D eigenvalue weighted by atomic mass is 16.5. The zero-order valence-electron chi connectivity index (χ0n) is 14.1. The average molecular weight is 302 g/mol. The molecule has 2 fully saturated rings. The van der Waals surface area contributed by atoms with E-state index in [1.165, 1.54) is 36.8 Å². The molecule has 3 heteroatoms. The molecule has 1 N–H and O–H groups in total.